The number of Topliss-reactive ketones (excluding diaryl/α,β-unsaturated/α-hetero) is 1. The van der Waals surface area contributed by atoms with E-state index in [0.717, 1.165) is 0 Å². The minimum Gasteiger partial charge on any atom is -0.401 e. The molecule has 1 atom stereocenters. The fourth-order valence-electron chi connectivity index (χ4n) is 0.439. The fourth-order valence-corrected chi connectivity index (χ4v) is 0.593. The molecule has 0 saturated carbocycles. The zero-order chi connectivity index (χ0) is 8.15. The number of nitriles is 1. The Kier molecular flexibility index (Phi) is 3.52. The van der Waals surface area contributed by atoms with E-state index in [4.69, 9.17) is 22.6 Å². The summed E-state index contributed by atoms with van der Waals surface area (Å²) in [6, 6.07) is 1.69. The first kappa shape index (κ1) is 8.99. The number of hydrogen-bond acceptors (Lipinski definition) is 3. The Morgan fingerprint density at radius 2 is 2.40 bits per heavy atom. The first-order valence-electron chi connectivity index (χ1n) is 2.56. The van der Waals surface area contributed by atoms with Gasteiger partial charge in [0.15, 0.2) is 5.78 Å². The highest BCUT2D eigenvalue weighted by Crippen LogP contribution is 2.03. The van der Waals surface area contributed by atoms with Gasteiger partial charge in [0.25, 0.3) is 0 Å². The summed E-state index contributed by atoms with van der Waals surface area (Å²) in [7, 11) is 0. The quantitative estimate of drug-likeness (QED) is 0.605. The summed E-state index contributed by atoms with van der Waals surface area (Å²) in [5, 5.41) is 8.33. The molecular formula is C6H7ClN2O. The summed E-state index contributed by atoms with van der Waals surface area (Å²) in [5.41, 5.74) is 5.18. The second-order valence-electron chi connectivity index (χ2n) is 1.74. The smallest absolute Gasteiger partial charge is 0.170 e. The van der Waals surface area contributed by atoms with Gasteiger partial charge < -0.3 is 5.73 Å². The molecule has 0 aliphatic rings. The van der Waals surface area contributed by atoms with Crippen molar-refractivity contribution in [3.63, 3.8) is 0 Å². The molecule has 54 valence electrons. The molecule has 0 spiro atoms. The molecule has 0 radical (unpaired) electrons. The third kappa shape index (κ3) is 2.08. The van der Waals surface area contributed by atoms with Crippen LogP contribution in [0.1, 0.15) is 0 Å². The van der Waals surface area contributed by atoms with Crippen LogP contribution in [0.2, 0.25) is 0 Å². The Morgan fingerprint density at radius 3 is 2.50 bits per heavy atom. The molecule has 0 bridgehead atoms. The molecule has 0 aromatic rings. The van der Waals surface area contributed by atoms with E-state index in [2.05, 4.69) is 6.58 Å². The summed E-state index contributed by atoms with van der Waals surface area (Å²) < 4.78 is 0. The summed E-state index contributed by atoms with van der Waals surface area (Å²) in [4.78, 5) is 10.7. The molecule has 0 unspecified atom stereocenters. The van der Waals surface area contributed by atoms with Gasteiger partial charge in [-0.15, -0.1) is 11.6 Å². The average Bonchev–Trinajstić information content (AvgIpc) is 1.88. The maximum absolute atomic E-state index is 10.7. The lowest BCUT2D eigenvalue weighted by atomic mass is 10.1. The van der Waals surface area contributed by atoms with Crippen LogP contribution in [0, 0.1) is 17.2 Å². The minimum absolute atomic E-state index is 0.0492. The zero-order valence-electron chi connectivity index (χ0n) is 5.30. The highest BCUT2D eigenvalue weighted by atomic mass is 35.5. The van der Waals surface area contributed by atoms with E-state index >= 15 is 0 Å². The lowest BCUT2D eigenvalue weighted by molar-refractivity contribution is -0.118. The van der Waals surface area contributed by atoms with Crippen LogP contribution in [0.4, 0.5) is 0 Å². The molecular weight excluding hydrogens is 152 g/mol. The Balaban J connectivity index is 4.25. The lowest BCUT2D eigenvalue weighted by Gasteiger charge is -2.02. The molecule has 0 amide bonds. The molecule has 3 nitrogen and oxygen atoms in total. The van der Waals surface area contributed by atoms with Gasteiger partial charge in [0, 0.05) is 5.70 Å². The van der Waals surface area contributed by atoms with Crippen LogP contribution in [0.25, 0.3) is 0 Å². The Morgan fingerprint density at radius 1 is 1.90 bits per heavy atom. The summed E-state index contributed by atoms with van der Waals surface area (Å²) in [5.74, 6) is -1.55. The summed E-state index contributed by atoms with van der Waals surface area (Å²) in [6.45, 7) is 3.27. The van der Waals surface area contributed by atoms with E-state index in [1.54, 1.807) is 6.07 Å². The molecule has 10 heavy (non-hydrogen) atoms. The number of halogens is 1. The van der Waals surface area contributed by atoms with Crippen molar-refractivity contribution in [2.75, 3.05) is 5.88 Å². The number of rotatable bonds is 3. The van der Waals surface area contributed by atoms with Gasteiger partial charge in [-0.1, -0.05) is 6.58 Å². The standard InChI is InChI=1S/C6H7ClN2O/c1-4(9)5(3-8)6(10)2-7/h5H,1-2,9H2/t5-/m0/s1. The number of alkyl halides is 1. The maximum atomic E-state index is 10.7. The Hall–Kier alpha value is -1.01. The largest absolute Gasteiger partial charge is 0.401 e. The molecule has 2 N–H and O–H groups in total. The van der Waals surface area contributed by atoms with Crippen molar-refractivity contribution >= 4 is 17.4 Å². The number of carbonyl (C=O) groups is 1. The average molecular weight is 159 g/mol. The van der Waals surface area contributed by atoms with Crippen LogP contribution >= 0.6 is 11.6 Å². The lowest BCUT2D eigenvalue weighted by Crippen LogP contribution is -2.20. The highest BCUT2D eigenvalue weighted by molar-refractivity contribution is 6.28. The monoisotopic (exact) mass is 158 g/mol. The summed E-state index contributed by atoms with van der Waals surface area (Å²) >= 11 is 5.17. The molecule has 0 aromatic carbocycles. The number of ketones is 1. The maximum Gasteiger partial charge on any atom is 0.170 e. The molecule has 0 aliphatic carbocycles. The SMILES string of the molecule is C=C(N)[C@H](C#N)C(=O)CCl. The van der Waals surface area contributed by atoms with E-state index < -0.39 is 11.7 Å². The Labute approximate surface area is 64.1 Å². The topological polar surface area (TPSA) is 66.9 Å². The van der Waals surface area contributed by atoms with Gasteiger partial charge in [-0.25, -0.2) is 0 Å². The van der Waals surface area contributed by atoms with Crippen LogP contribution in [-0.2, 0) is 4.79 Å². The Bertz CT molecular complexity index is 194. The van der Waals surface area contributed by atoms with Gasteiger partial charge >= 0.3 is 0 Å². The molecule has 0 aromatic heterocycles. The number of nitrogens with two attached hydrogens (primary N) is 1. The van der Waals surface area contributed by atoms with E-state index in [9.17, 15) is 4.79 Å². The second kappa shape index (κ2) is 3.91. The van der Waals surface area contributed by atoms with Gasteiger partial charge in [-0.05, 0) is 0 Å². The first-order chi connectivity index (χ1) is 4.63. The van der Waals surface area contributed by atoms with Crippen LogP contribution in [0.3, 0.4) is 0 Å². The van der Waals surface area contributed by atoms with Crippen LogP contribution in [0.5, 0.6) is 0 Å². The van der Waals surface area contributed by atoms with Crippen LogP contribution < -0.4 is 5.73 Å². The third-order valence-corrected chi connectivity index (χ3v) is 1.22. The molecule has 0 heterocycles. The van der Waals surface area contributed by atoms with Crippen molar-refractivity contribution < 1.29 is 4.79 Å². The van der Waals surface area contributed by atoms with Crippen molar-refractivity contribution in [1.29, 1.82) is 5.26 Å². The van der Waals surface area contributed by atoms with Crippen molar-refractivity contribution in [2.24, 2.45) is 11.7 Å². The molecule has 0 saturated heterocycles. The van der Waals surface area contributed by atoms with Crippen molar-refractivity contribution in [3.8, 4) is 6.07 Å². The predicted octanol–water partition coefficient (Wildman–Crippen LogP) is 0.406. The van der Waals surface area contributed by atoms with Gasteiger partial charge in [-0.3, -0.25) is 4.79 Å². The molecule has 0 aliphatic heterocycles. The zero-order valence-corrected chi connectivity index (χ0v) is 6.06. The van der Waals surface area contributed by atoms with Crippen molar-refractivity contribution in [1.82, 2.24) is 0 Å². The second-order valence-corrected chi connectivity index (χ2v) is 2.00. The number of hydrogen-bond donors (Lipinski definition) is 1. The fraction of sp³-hybridized carbons (Fsp3) is 0.333. The van der Waals surface area contributed by atoms with E-state index in [1.807, 2.05) is 0 Å². The number of carbonyl (C=O) groups excluding carboxylic acids is 1. The number of nitrogens with zero attached hydrogens (tertiary/aromatic N) is 1. The van der Waals surface area contributed by atoms with Gasteiger partial charge in [0.2, 0.25) is 0 Å². The predicted molar refractivity (Wildman–Crippen MR) is 38.2 cm³/mol. The molecule has 4 heteroatoms. The van der Waals surface area contributed by atoms with Crippen molar-refractivity contribution in [3.05, 3.63) is 12.3 Å². The van der Waals surface area contributed by atoms with Gasteiger partial charge in [-0.2, -0.15) is 5.26 Å². The van der Waals surface area contributed by atoms with Crippen LogP contribution in [-0.4, -0.2) is 11.7 Å². The van der Waals surface area contributed by atoms with Crippen LogP contribution in [0.15, 0.2) is 12.3 Å². The summed E-state index contributed by atoms with van der Waals surface area (Å²) in [6.07, 6.45) is 0. The van der Waals surface area contributed by atoms with Gasteiger partial charge in [0.05, 0.1) is 11.9 Å². The highest BCUT2D eigenvalue weighted by Gasteiger charge is 2.17. The van der Waals surface area contributed by atoms with E-state index in [0.29, 0.717) is 0 Å². The van der Waals surface area contributed by atoms with Gasteiger partial charge in [0.1, 0.15) is 5.92 Å². The molecule has 0 rings (SSSR count). The normalized spacial score (nSPS) is 11.6. The minimum atomic E-state index is -0.947. The van der Waals surface area contributed by atoms with Crippen molar-refractivity contribution in [2.45, 2.75) is 0 Å². The first-order valence-corrected chi connectivity index (χ1v) is 3.09. The van der Waals surface area contributed by atoms with E-state index in [-0.39, 0.29) is 11.6 Å². The third-order valence-electron chi connectivity index (χ3n) is 0.954. The molecule has 0 fully saturated rings. The van der Waals surface area contributed by atoms with E-state index in [1.165, 1.54) is 0 Å². The number of allylic oxidation sites excluding steroid dienone is 1.